The van der Waals surface area contributed by atoms with E-state index in [0.29, 0.717) is 28.3 Å². The van der Waals surface area contributed by atoms with Crippen LogP contribution in [0.5, 0.6) is 0 Å². The Hall–Kier alpha value is -3.62. The van der Waals surface area contributed by atoms with Crippen LogP contribution in [-0.4, -0.2) is 24.6 Å². The van der Waals surface area contributed by atoms with Crippen LogP contribution in [0, 0.1) is 11.6 Å². The smallest absolute Gasteiger partial charge is 0.244 e. The van der Waals surface area contributed by atoms with Gasteiger partial charge in [0.15, 0.2) is 5.65 Å². The van der Waals surface area contributed by atoms with Gasteiger partial charge >= 0.3 is 0 Å². The summed E-state index contributed by atoms with van der Waals surface area (Å²) in [6.07, 6.45) is 5.01. The third-order valence-corrected chi connectivity index (χ3v) is 4.07. The molecule has 7 nitrogen and oxygen atoms in total. The molecule has 0 unspecified atom stereocenters. The van der Waals surface area contributed by atoms with Gasteiger partial charge in [0.25, 0.3) is 0 Å². The van der Waals surface area contributed by atoms with Gasteiger partial charge in [-0.3, -0.25) is 5.73 Å². The van der Waals surface area contributed by atoms with Gasteiger partial charge in [0.05, 0.1) is 23.5 Å². The molecule has 3 aromatic heterocycles. The first kappa shape index (κ1) is 16.8. The molecule has 0 saturated carbocycles. The van der Waals surface area contributed by atoms with Crippen molar-refractivity contribution in [1.82, 2.24) is 30.3 Å². The summed E-state index contributed by atoms with van der Waals surface area (Å²) in [4.78, 5) is 12.4. The van der Waals surface area contributed by atoms with Crippen molar-refractivity contribution in [3.05, 3.63) is 66.1 Å². The van der Waals surface area contributed by atoms with E-state index in [1.807, 2.05) is 0 Å². The number of anilines is 1. The maximum absolute atomic E-state index is 14.0. The average Bonchev–Trinajstić information content (AvgIpc) is 3.05. The van der Waals surface area contributed by atoms with Gasteiger partial charge in [-0.15, -0.1) is 0 Å². The summed E-state index contributed by atoms with van der Waals surface area (Å²) >= 11 is 0. The monoisotopic (exact) mass is 366 g/mol. The molecule has 9 heteroatoms. The minimum absolute atomic E-state index is 0.197. The fourth-order valence-electron chi connectivity index (χ4n) is 2.82. The number of nitrogens with zero attached hydrogens (tertiary/aromatic N) is 5. The normalized spacial score (nSPS) is 12.3. The Bertz CT molecular complexity index is 1130. The Balaban J connectivity index is 1.68. The van der Waals surface area contributed by atoms with E-state index in [1.165, 1.54) is 12.1 Å². The molecule has 0 spiro atoms. The molecule has 1 aromatic carbocycles. The Kier molecular flexibility index (Phi) is 4.11. The van der Waals surface area contributed by atoms with Crippen molar-refractivity contribution < 1.29 is 8.78 Å². The first-order chi connectivity index (χ1) is 13.0. The van der Waals surface area contributed by atoms with Crippen LogP contribution in [0.25, 0.3) is 16.9 Å². The van der Waals surface area contributed by atoms with E-state index in [2.05, 4.69) is 25.4 Å². The molecular weight excluding hydrogens is 352 g/mol. The first-order valence-corrected chi connectivity index (χ1v) is 8.12. The number of nitrogens with one attached hydrogen (secondary N) is 2. The van der Waals surface area contributed by atoms with Crippen molar-refractivity contribution in [1.29, 1.82) is 0 Å². The van der Waals surface area contributed by atoms with Crippen LogP contribution in [-0.2, 0) is 0 Å². The SMILES string of the molecule is C[C@H](Nc1cc(-c2cnn3cccnc23)nc([NH])n1)c1ccc(F)cc1F. The molecule has 3 heterocycles. The van der Waals surface area contributed by atoms with Gasteiger partial charge in [0, 0.05) is 30.1 Å². The minimum atomic E-state index is -0.651. The van der Waals surface area contributed by atoms with Crippen molar-refractivity contribution in [2.24, 2.45) is 0 Å². The quantitative estimate of drug-likeness (QED) is 0.596. The van der Waals surface area contributed by atoms with Gasteiger partial charge < -0.3 is 5.32 Å². The molecule has 1 radical (unpaired) electrons. The molecule has 27 heavy (non-hydrogen) atoms. The van der Waals surface area contributed by atoms with E-state index in [-0.39, 0.29) is 5.95 Å². The molecule has 0 aliphatic rings. The van der Waals surface area contributed by atoms with Crippen LogP contribution in [0.3, 0.4) is 0 Å². The zero-order valence-electron chi connectivity index (χ0n) is 14.2. The highest BCUT2D eigenvalue weighted by atomic mass is 19.1. The van der Waals surface area contributed by atoms with Gasteiger partial charge in [0.1, 0.15) is 17.5 Å². The number of fused-ring (bicyclic) bond motifs is 1. The molecule has 135 valence electrons. The molecule has 2 N–H and O–H groups in total. The molecule has 0 fully saturated rings. The molecule has 0 aliphatic heterocycles. The van der Waals surface area contributed by atoms with Gasteiger partial charge in [0.2, 0.25) is 5.95 Å². The Labute approximate surface area is 152 Å². The van der Waals surface area contributed by atoms with Gasteiger partial charge in [-0.05, 0) is 19.1 Å². The largest absolute Gasteiger partial charge is 0.363 e. The van der Waals surface area contributed by atoms with Crippen LogP contribution in [0.2, 0.25) is 0 Å². The number of hydrogen-bond donors (Lipinski definition) is 1. The predicted molar refractivity (Wildman–Crippen MR) is 95.2 cm³/mol. The molecule has 1 atom stereocenters. The summed E-state index contributed by atoms with van der Waals surface area (Å²) in [5.41, 5.74) is 9.88. The Morgan fingerprint density at radius 1 is 1.19 bits per heavy atom. The third-order valence-electron chi connectivity index (χ3n) is 4.07. The highest BCUT2D eigenvalue weighted by Gasteiger charge is 2.15. The number of halogens is 2. The maximum atomic E-state index is 14.0. The van der Waals surface area contributed by atoms with Gasteiger partial charge in [-0.25, -0.2) is 23.3 Å². The molecule has 4 aromatic rings. The van der Waals surface area contributed by atoms with Crippen LogP contribution < -0.4 is 11.1 Å². The highest BCUT2D eigenvalue weighted by molar-refractivity contribution is 5.76. The second kappa shape index (κ2) is 6.60. The second-order valence-electron chi connectivity index (χ2n) is 5.94. The molecular formula is C18H14F2N7. The van der Waals surface area contributed by atoms with Crippen LogP contribution in [0.4, 0.5) is 20.5 Å². The van der Waals surface area contributed by atoms with Gasteiger partial charge in [-0.1, -0.05) is 6.07 Å². The van der Waals surface area contributed by atoms with Crippen LogP contribution >= 0.6 is 0 Å². The maximum Gasteiger partial charge on any atom is 0.244 e. The summed E-state index contributed by atoms with van der Waals surface area (Å²) in [6.45, 7) is 1.72. The predicted octanol–water partition coefficient (Wildman–Crippen LogP) is 3.55. The molecule has 4 rings (SSSR count). The number of aromatic nitrogens is 5. The first-order valence-electron chi connectivity index (χ1n) is 8.12. The topological polar surface area (TPSA) is 91.8 Å². The Morgan fingerprint density at radius 2 is 2.04 bits per heavy atom. The number of hydrogen-bond acceptors (Lipinski definition) is 5. The zero-order chi connectivity index (χ0) is 19.0. The lowest BCUT2D eigenvalue weighted by Gasteiger charge is -2.16. The fraction of sp³-hybridized carbons (Fsp3) is 0.111. The van der Waals surface area contributed by atoms with E-state index in [0.717, 1.165) is 6.07 Å². The molecule has 0 saturated heterocycles. The molecule has 0 bridgehead atoms. The lowest BCUT2D eigenvalue weighted by molar-refractivity contribution is 0.566. The number of benzene rings is 1. The third kappa shape index (κ3) is 3.26. The van der Waals surface area contributed by atoms with E-state index >= 15 is 0 Å². The number of rotatable bonds is 4. The summed E-state index contributed by atoms with van der Waals surface area (Å²) < 4.78 is 28.7. The summed E-state index contributed by atoms with van der Waals surface area (Å²) in [6, 6.07) is 6.31. The zero-order valence-corrected chi connectivity index (χ0v) is 14.2. The van der Waals surface area contributed by atoms with E-state index in [4.69, 9.17) is 5.73 Å². The van der Waals surface area contributed by atoms with E-state index in [1.54, 1.807) is 42.2 Å². The summed E-state index contributed by atoms with van der Waals surface area (Å²) in [5, 5.41) is 7.24. The van der Waals surface area contributed by atoms with Crippen molar-refractivity contribution >= 4 is 17.4 Å². The Morgan fingerprint density at radius 3 is 2.85 bits per heavy atom. The van der Waals surface area contributed by atoms with Crippen molar-refractivity contribution in [2.45, 2.75) is 13.0 Å². The molecule has 0 amide bonds. The summed E-state index contributed by atoms with van der Waals surface area (Å²) in [5.74, 6) is -1.14. The molecule has 0 aliphatic carbocycles. The highest BCUT2D eigenvalue weighted by Crippen LogP contribution is 2.27. The average molecular weight is 366 g/mol. The fourth-order valence-corrected chi connectivity index (χ4v) is 2.82. The van der Waals surface area contributed by atoms with E-state index in [9.17, 15) is 8.78 Å². The van der Waals surface area contributed by atoms with Crippen molar-refractivity contribution in [3.63, 3.8) is 0 Å². The minimum Gasteiger partial charge on any atom is -0.363 e. The van der Waals surface area contributed by atoms with Crippen LogP contribution in [0.1, 0.15) is 18.5 Å². The second-order valence-corrected chi connectivity index (χ2v) is 5.94. The van der Waals surface area contributed by atoms with Crippen LogP contribution in [0.15, 0.2) is 48.9 Å². The van der Waals surface area contributed by atoms with Crippen molar-refractivity contribution in [3.8, 4) is 11.3 Å². The lowest BCUT2D eigenvalue weighted by Crippen LogP contribution is -2.10. The van der Waals surface area contributed by atoms with Crippen molar-refractivity contribution in [2.75, 3.05) is 5.32 Å². The standard InChI is InChI=1S/C18H14F2N7/c1-10(12-4-3-11(19)7-14(12)20)24-16-8-15(25-18(21)26-16)13-9-23-27-6-2-5-22-17(13)27/h2-10,21H,1H3,(H,24,25,26)/t10-/m0/s1. The van der Waals surface area contributed by atoms with Gasteiger partial charge in [-0.2, -0.15) is 10.1 Å². The summed E-state index contributed by atoms with van der Waals surface area (Å²) in [7, 11) is 0. The van der Waals surface area contributed by atoms with E-state index < -0.39 is 17.7 Å². The lowest BCUT2D eigenvalue weighted by atomic mass is 10.1.